The molecule has 7 heteroatoms. The molecular weight excluding hydrogens is 331 g/mol. The van der Waals surface area contributed by atoms with Gasteiger partial charge in [0.1, 0.15) is 5.82 Å². The molecule has 2 N–H and O–H groups in total. The van der Waals surface area contributed by atoms with Crippen LogP contribution in [0.2, 0.25) is 0 Å². The van der Waals surface area contributed by atoms with Crippen molar-refractivity contribution in [3.63, 3.8) is 0 Å². The summed E-state index contributed by atoms with van der Waals surface area (Å²) in [6.07, 6.45) is 2.19. The van der Waals surface area contributed by atoms with E-state index in [-0.39, 0.29) is 0 Å². The van der Waals surface area contributed by atoms with Crippen molar-refractivity contribution >= 4 is 16.6 Å². The maximum absolute atomic E-state index is 13.7. The van der Waals surface area contributed by atoms with Crippen molar-refractivity contribution in [2.45, 2.75) is 44.4 Å². The lowest BCUT2D eigenvalue weighted by molar-refractivity contribution is -0.277. The summed E-state index contributed by atoms with van der Waals surface area (Å²) < 4.78 is 41.0. The predicted octanol–water partition coefficient (Wildman–Crippen LogP) is 4.16. The summed E-state index contributed by atoms with van der Waals surface area (Å²) in [5.41, 5.74) is -2.76. The van der Waals surface area contributed by atoms with Gasteiger partial charge in [0, 0.05) is 29.4 Å². The lowest BCUT2D eigenvalue weighted by atomic mass is 9.73. The fourth-order valence-corrected chi connectivity index (χ4v) is 3.59. The molecule has 1 unspecified atom stereocenters. The van der Waals surface area contributed by atoms with Gasteiger partial charge in [-0.3, -0.25) is 4.98 Å². The summed E-state index contributed by atoms with van der Waals surface area (Å²) >= 11 is 0. The van der Waals surface area contributed by atoms with Gasteiger partial charge in [0.2, 0.25) is 0 Å². The molecule has 0 radical (unpaired) electrons. The number of aromatic nitrogens is 2. The summed E-state index contributed by atoms with van der Waals surface area (Å²) in [7, 11) is 0. The number of nitrogens with zero attached hydrogens (tertiary/aromatic N) is 2. The Morgan fingerprint density at radius 2 is 1.88 bits per heavy atom. The fourth-order valence-electron chi connectivity index (χ4n) is 3.59. The van der Waals surface area contributed by atoms with Crippen LogP contribution in [0.15, 0.2) is 30.7 Å². The highest BCUT2D eigenvalue weighted by atomic mass is 19.4. The number of anilines is 1. The number of rotatable bonds is 4. The summed E-state index contributed by atoms with van der Waals surface area (Å²) in [5.74, 6) is -0.0616. The molecule has 0 spiro atoms. The SMILES string of the molecule is CC1CCC(C(O)(CNc2nccc3cnccc23)C(F)(F)F)CC1. The van der Waals surface area contributed by atoms with Crippen molar-refractivity contribution in [1.82, 2.24) is 9.97 Å². The van der Waals surface area contributed by atoms with Gasteiger partial charge in [0.05, 0.1) is 6.54 Å². The lowest BCUT2D eigenvalue weighted by Crippen LogP contribution is -2.56. The van der Waals surface area contributed by atoms with Gasteiger partial charge in [-0.2, -0.15) is 13.2 Å². The van der Waals surface area contributed by atoms with Crippen LogP contribution in [0.25, 0.3) is 10.8 Å². The third kappa shape index (κ3) is 3.56. The molecule has 0 aliphatic heterocycles. The number of hydrogen-bond acceptors (Lipinski definition) is 4. The minimum absolute atomic E-state index is 0.326. The molecule has 2 heterocycles. The second kappa shape index (κ2) is 6.78. The third-order valence-electron chi connectivity index (χ3n) is 5.27. The summed E-state index contributed by atoms with van der Waals surface area (Å²) in [4.78, 5) is 8.13. The molecule has 2 aromatic heterocycles. The molecule has 1 aliphatic rings. The van der Waals surface area contributed by atoms with Crippen molar-refractivity contribution in [3.05, 3.63) is 30.7 Å². The zero-order valence-electron chi connectivity index (χ0n) is 14.1. The van der Waals surface area contributed by atoms with Crippen LogP contribution >= 0.6 is 0 Å². The molecule has 0 amide bonds. The Hall–Kier alpha value is -1.89. The molecule has 136 valence electrons. The molecule has 0 saturated heterocycles. The number of alkyl halides is 3. The van der Waals surface area contributed by atoms with E-state index in [0.29, 0.717) is 42.8 Å². The normalized spacial score (nSPS) is 24.0. The topological polar surface area (TPSA) is 58.0 Å². The average molecular weight is 353 g/mol. The van der Waals surface area contributed by atoms with Crippen molar-refractivity contribution in [2.24, 2.45) is 11.8 Å². The Labute approximate surface area is 144 Å². The zero-order valence-corrected chi connectivity index (χ0v) is 14.1. The number of fused-ring (bicyclic) bond motifs is 1. The molecule has 4 nitrogen and oxygen atoms in total. The molecule has 0 bridgehead atoms. The Bertz CT molecular complexity index is 724. The summed E-state index contributed by atoms with van der Waals surface area (Å²) in [6, 6.07) is 3.44. The van der Waals surface area contributed by atoms with Crippen LogP contribution in [0, 0.1) is 11.8 Å². The summed E-state index contributed by atoms with van der Waals surface area (Å²) in [6.45, 7) is 1.43. The largest absolute Gasteiger partial charge is 0.419 e. The van der Waals surface area contributed by atoms with Crippen LogP contribution in [0.1, 0.15) is 32.6 Å². The van der Waals surface area contributed by atoms with Gasteiger partial charge in [-0.1, -0.05) is 19.8 Å². The monoisotopic (exact) mass is 353 g/mol. The number of hydrogen-bond donors (Lipinski definition) is 2. The van der Waals surface area contributed by atoms with Crippen molar-refractivity contribution < 1.29 is 18.3 Å². The first-order chi connectivity index (χ1) is 11.8. The highest BCUT2D eigenvalue weighted by molar-refractivity contribution is 5.90. The second-order valence-electron chi connectivity index (χ2n) is 6.99. The van der Waals surface area contributed by atoms with E-state index in [0.717, 1.165) is 5.39 Å². The Morgan fingerprint density at radius 3 is 2.56 bits per heavy atom. The van der Waals surface area contributed by atoms with Gasteiger partial charge in [-0.15, -0.1) is 0 Å². The Balaban J connectivity index is 1.83. The molecule has 3 rings (SSSR count). The van der Waals surface area contributed by atoms with E-state index in [9.17, 15) is 18.3 Å². The van der Waals surface area contributed by atoms with E-state index < -0.39 is 24.2 Å². The first-order valence-electron chi connectivity index (χ1n) is 8.53. The molecular formula is C18H22F3N3O. The fraction of sp³-hybridized carbons (Fsp3) is 0.556. The first kappa shape index (κ1) is 17.9. The molecule has 1 saturated carbocycles. The number of aliphatic hydroxyl groups is 1. The van der Waals surface area contributed by atoms with Crippen LogP contribution in [0.3, 0.4) is 0 Å². The van der Waals surface area contributed by atoms with Gasteiger partial charge in [-0.25, -0.2) is 4.98 Å². The van der Waals surface area contributed by atoms with Crippen molar-refractivity contribution in [2.75, 3.05) is 11.9 Å². The molecule has 2 aromatic rings. The smallest absolute Gasteiger partial charge is 0.379 e. The maximum Gasteiger partial charge on any atom is 0.419 e. The van der Waals surface area contributed by atoms with Gasteiger partial charge in [0.25, 0.3) is 0 Å². The highest BCUT2D eigenvalue weighted by Crippen LogP contribution is 2.44. The Kier molecular flexibility index (Phi) is 4.86. The van der Waals surface area contributed by atoms with Crippen LogP contribution in [-0.4, -0.2) is 33.4 Å². The van der Waals surface area contributed by atoms with E-state index in [1.165, 1.54) is 6.20 Å². The quantitative estimate of drug-likeness (QED) is 0.866. The van der Waals surface area contributed by atoms with Crippen LogP contribution < -0.4 is 5.32 Å². The predicted molar refractivity (Wildman–Crippen MR) is 90.2 cm³/mol. The number of halogens is 3. The van der Waals surface area contributed by atoms with E-state index in [1.807, 2.05) is 6.92 Å². The van der Waals surface area contributed by atoms with E-state index in [1.54, 1.807) is 24.5 Å². The molecule has 1 atom stereocenters. The first-order valence-corrected chi connectivity index (χ1v) is 8.53. The molecule has 0 aromatic carbocycles. The van der Waals surface area contributed by atoms with Gasteiger partial charge < -0.3 is 10.4 Å². The van der Waals surface area contributed by atoms with Crippen LogP contribution in [0.4, 0.5) is 19.0 Å². The lowest BCUT2D eigenvalue weighted by Gasteiger charge is -2.41. The van der Waals surface area contributed by atoms with Gasteiger partial charge in [-0.05, 0) is 36.8 Å². The molecule has 1 fully saturated rings. The van der Waals surface area contributed by atoms with Crippen LogP contribution in [0.5, 0.6) is 0 Å². The van der Waals surface area contributed by atoms with Crippen molar-refractivity contribution in [1.29, 1.82) is 0 Å². The standard InChI is InChI=1S/C18H22F3N3O/c1-12-2-4-14(5-3-12)17(25,18(19,20)21)11-24-16-15-7-8-22-10-13(15)6-9-23-16/h6-10,12,14,25H,2-5,11H2,1H3,(H,23,24). The zero-order chi connectivity index (χ0) is 18.1. The minimum Gasteiger partial charge on any atom is -0.379 e. The van der Waals surface area contributed by atoms with Crippen molar-refractivity contribution in [3.8, 4) is 0 Å². The second-order valence-corrected chi connectivity index (χ2v) is 6.99. The molecule has 25 heavy (non-hydrogen) atoms. The van der Waals surface area contributed by atoms with Crippen LogP contribution in [-0.2, 0) is 0 Å². The van der Waals surface area contributed by atoms with E-state index >= 15 is 0 Å². The molecule has 1 aliphatic carbocycles. The van der Waals surface area contributed by atoms with Gasteiger partial charge in [0.15, 0.2) is 5.60 Å². The summed E-state index contributed by atoms with van der Waals surface area (Å²) in [5, 5.41) is 14.8. The maximum atomic E-state index is 13.7. The third-order valence-corrected chi connectivity index (χ3v) is 5.27. The van der Waals surface area contributed by atoms with Gasteiger partial charge >= 0.3 is 6.18 Å². The number of pyridine rings is 2. The Morgan fingerprint density at radius 1 is 1.16 bits per heavy atom. The average Bonchev–Trinajstić information content (AvgIpc) is 2.59. The number of nitrogens with one attached hydrogen (secondary N) is 1. The highest BCUT2D eigenvalue weighted by Gasteiger charge is 2.58. The minimum atomic E-state index is -4.70. The van der Waals surface area contributed by atoms with E-state index in [4.69, 9.17) is 0 Å². The van der Waals surface area contributed by atoms with E-state index in [2.05, 4.69) is 15.3 Å².